The Morgan fingerprint density at radius 2 is 1.22 bits per heavy atom. The summed E-state index contributed by atoms with van der Waals surface area (Å²) < 4.78 is 54.1. The summed E-state index contributed by atoms with van der Waals surface area (Å²) in [6.07, 6.45) is -2.64. The van der Waals surface area contributed by atoms with Gasteiger partial charge in [-0.15, -0.1) is 0 Å². The van der Waals surface area contributed by atoms with Crippen LogP contribution in [-0.4, -0.2) is 75.5 Å². The quantitative estimate of drug-likeness (QED) is 0.0634. The lowest BCUT2D eigenvalue weighted by molar-refractivity contribution is -0.153. The molecular formula is C45H50N5O13P. The number of aryl methyl sites for hydroxylation is 2. The number of carbonyl (C=O) groups is 2. The number of hydrogen-bond acceptors (Lipinski definition) is 13. The lowest BCUT2D eigenvalue weighted by Crippen LogP contribution is -2.42. The highest BCUT2D eigenvalue weighted by atomic mass is 31.2. The summed E-state index contributed by atoms with van der Waals surface area (Å²) >= 11 is 0. The minimum atomic E-state index is -4.34. The van der Waals surface area contributed by atoms with Gasteiger partial charge >= 0.3 is 25.1 Å². The first-order valence-electron chi connectivity index (χ1n) is 20.7. The van der Waals surface area contributed by atoms with Crippen molar-refractivity contribution in [1.29, 1.82) is 0 Å². The zero-order valence-electron chi connectivity index (χ0n) is 35.7. The summed E-state index contributed by atoms with van der Waals surface area (Å²) in [5.41, 5.74) is -0.841. The largest absolute Gasteiger partial charge is 0.459 e. The van der Waals surface area contributed by atoms with Gasteiger partial charge in [0.1, 0.15) is 36.0 Å². The Bertz CT molecular complexity index is 2630. The maximum absolute atomic E-state index is 14.6. The van der Waals surface area contributed by atoms with Crippen molar-refractivity contribution in [2.75, 3.05) is 20.3 Å². The van der Waals surface area contributed by atoms with Crippen LogP contribution in [0.4, 0.5) is 0 Å². The summed E-state index contributed by atoms with van der Waals surface area (Å²) in [5.74, 6) is -0.914. The Morgan fingerprint density at radius 1 is 0.734 bits per heavy atom. The van der Waals surface area contributed by atoms with E-state index in [9.17, 15) is 33.3 Å². The highest BCUT2D eigenvalue weighted by Gasteiger charge is 2.46. The molecule has 19 heteroatoms. The molecule has 64 heavy (non-hydrogen) atoms. The van der Waals surface area contributed by atoms with Gasteiger partial charge in [0, 0.05) is 49.9 Å². The number of benzene rings is 3. The Kier molecular flexibility index (Phi) is 14.4. The molecule has 2 saturated heterocycles. The Balaban J connectivity index is 1.19. The summed E-state index contributed by atoms with van der Waals surface area (Å²) in [5, 5.41) is 2.99. The molecule has 2 aromatic heterocycles. The molecule has 2 fully saturated rings. The number of hydrogen-bond donors (Lipinski definition) is 3. The van der Waals surface area contributed by atoms with Crippen molar-refractivity contribution in [1.82, 2.24) is 24.2 Å². The molecule has 3 N–H and O–H groups in total. The van der Waals surface area contributed by atoms with E-state index in [4.69, 9.17) is 28.0 Å². The maximum Gasteiger partial charge on any atom is 0.405 e. The van der Waals surface area contributed by atoms with Gasteiger partial charge in [0.05, 0.1) is 31.8 Å². The Labute approximate surface area is 367 Å². The van der Waals surface area contributed by atoms with E-state index in [0.717, 1.165) is 21.3 Å². The molecule has 0 spiro atoms. The number of aromatic nitrogens is 4. The molecule has 7 atom stereocenters. The number of nitrogens with zero attached hydrogens (tertiary/aromatic N) is 2. The van der Waals surface area contributed by atoms with Gasteiger partial charge in [-0.3, -0.25) is 38.0 Å². The third-order valence-electron chi connectivity index (χ3n) is 11.3. The van der Waals surface area contributed by atoms with E-state index in [-0.39, 0.29) is 49.2 Å². The maximum atomic E-state index is 14.6. The number of aromatic amines is 2. The van der Waals surface area contributed by atoms with Gasteiger partial charge in [-0.2, -0.15) is 0 Å². The normalized spacial score (nSPS) is 21.9. The zero-order chi connectivity index (χ0) is 45.6. The minimum Gasteiger partial charge on any atom is -0.459 e. The van der Waals surface area contributed by atoms with E-state index in [2.05, 4.69) is 15.1 Å². The van der Waals surface area contributed by atoms with Crippen LogP contribution in [0.2, 0.25) is 0 Å². The van der Waals surface area contributed by atoms with Crippen LogP contribution in [0.15, 0.2) is 123 Å². The molecule has 338 valence electrons. The number of rotatable bonds is 18. The third kappa shape index (κ3) is 10.2. The molecule has 7 rings (SSSR count). The number of Topliss-reactive ketones (excluding diaryl/α,β-unsaturated/α-hetero) is 1. The second kappa shape index (κ2) is 19.9. The summed E-state index contributed by atoms with van der Waals surface area (Å²) in [6.45, 7) is 3.80. The molecule has 3 aromatic carbocycles. The van der Waals surface area contributed by atoms with Crippen LogP contribution in [0.25, 0.3) is 0 Å². The molecule has 2 aliphatic heterocycles. The number of H-pyrrole nitrogens is 2. The molecule has 18 nitrogen and oxygen atoms in total. The van der Waals surface area contributed by atoms with Gasteiger partial charge in [0.15, 0.2) is 0 Å². The van der Waals surface area contributed by atoms with Crippen molar-refractivity contribution in [3.63, 3.8) is 0 Å². The van der Waals surface area contributed by atoms with E-state index in [1.807, 2.05) is 91.0 Å². The highest BCUT2D eigenvalue weighted by molar-refractivity contribution is 7.51. The molecule has 4 heterocycles. The number of ketones is 1. The van der Waals surface area contributed by atoms with Gasteiger partial charge in [0.25, 0.3) is 11.1 Å². The first kappa shape index (κ1) is 46.2. The molecule has 1 unspecified atom stereocenters. The van der Waals surface area contributed by atoms with Crippen LogP contribution < -0.4 is 27.6 Å². The summed E-state index contributed by atoms with van der Waals surface area (Å²) in [7, 11) is -3.16. The van der Waals surface area contributed by atoms with Crippen LogP contribution >= 0.6 is 7.75 Å². The van der Waals surface area contributed by atoms with E-state index in [0.29, 0.717) is 0 Å². The number of nitrogens with one attached hydrogen (secondary N) is 3. The summed E-state index contributed by atoms with van der Waals surface area (Å²) in [4.78, 5) is 79.5. The second-order valence-electron chi connectivity index (χ2n) is 15.7. The predicted molar refractivity (Wildman–Crippen MR) is 232 cm³/mol. The van der Waals surface area contributed by atoms with Gasteiger partial charge in [-0.25, -0.2) is 19.2 Å². The average molecular weight is 900 g/mol. The van der Waals surface area contributed by atoms with Gasteiger partial charge < -0.3 is 28.3 Å². The van der Waals surface area contributed by atoms with E-state index in [1.54, 1.807) is 6.92 Å². The van der Waals surface area contributed by atoms with Crippen molar-refractivity contribution in [3.05, 3.63) is 173 Å². The molecule has 0 aliphatic carbocycles. The van der Waals surface area contributed by atoms with Gasteiger partial charge in [-0.1, -0.05) is 91.0 Å². The van der Waals surface area contributed by atoms with Crippen LogP contribution in [0.5, 0.6) is 0 Å². The molecule has 2 aliphatic rings. The molecule has 0 bridgehead atoms. The molecule has 5 aromatic rings. The van der Waals surface area contributed by atoms with E-state index >= 15 is 0 Å². The lowest BCUT2D eigenvalue weighted by Gasteiger charge is -2.37. The SMILES string of the molecule is COP(=O)(N[C@H]1C[C@H](n2cc(C)c(=O)[nH]c2=O)O[C@@H]1COC(c1ccccc1)(c1ccccc1)c1ccccc1)OC[C@H]1O[C@@H](n2cc(C)c(=O)[nH]c2=O)C[C@@H]1OC(=O)CCC(C)=O. The molecule has 0 amide bonds. The second-order valence-corrected chi connectivity index (χ2v) is 17.6. The lowest BCUT2D eigenvalue weighted by atomic mass is 9.80. The van der Waals surface area contributed by atoms with Crippen molar-refractivity contribution in [3.8, 4) is 0 Å². The van der Waals surface area contributed by atoms with Crippen LogP contribution in [0, 0.1) is 13.8 Å². The monoisotopic (exact) mass is 899 g/mol. The van der Waals surface area contributed by atoms with Gasteiger partial charge in [0.2, 0.25) is 0 Å². The standard InChI is InChI=1S/C45H50N5O13P/c1-28-24-49(43(55)46-41(28)53)38-22-34(36(61-38)26-59-45(31-14-8-5-9-15-31,32-16-10-6-11-17-32)33-18-12-7-13-19-33)48-64(57,58-4)60-27-37-35(63-40(52)21-20-30(3)51)23-39(62-37)50-25-29(2)42(54)47-44(50)56/h5-19,24-25,34-39H,20-23,26-27H2,1-4H3,(H,48,57)(H,46,53,55)(H,47,54,56)/t34-,35-,36+,37+,38+,39+,64?/m0/s1. The average Bonchev–Trinajstić information content (AvgIpc) is 3.88. The van der Waals surface area contributed by atoms with Crippen molar-refractivity contribution >= 4 is 19.5 Å². The number of esters is 1. The smallest absolute Gasteiger partial charge is 0.405 e. The number of carbonyl (C=O) groups excluding carboxylic acids is 2. The van der Waals surface area contributed by atoms with Crippen molar-refractivity contribution in [2.45, 2.75) is 88.9 Å². The molecule has 0 saturated carbocycles. The molecule has 0 radical (unpaired) electrons. The topological polar surface area (TPSA) is 228 Å². The Hall–Kier alpha value is -5.85. The fraction of sp³-hybridized carbons (Fsp3) is 0.378. The van der Waals surface area contributed by atoms with Crippen molar-refractivity contribution < 1.29 is 42.1 Å². The fourth-order valence-electron chi connectivity index (χ4n) is 7.94. The zero-order valence-corrected chi connectivity index (χ0v) is 36.6. The minimum absolute atomic E-state index is 0.0258. The van der Waals surface area contributed by atoms with Gasteiger partial charge in [-0.05, 0) is 37.5 Å². The van der Waals surface area contributed by atoms with E-state index < -0.39 is 85.2 Å². The first-order valence-corrected chi connectivity index (χ1v) is 22.3. The predicted octanol–water partition coefficient (Wildman–Crippen LogP) is 4.30. The third-order valence-corrected chi connectivity index (χ3v) is 12.9. The highest BCUT2D eigenvalue weighted by Crippen LogP contribution is 2.48. The fourth-order valence-corrected chi connectivity index (χ4v) is 9.24. The number of ether oxygens (including phenoxy) is 4. The van der Waals surface area contributed by atoms with E-state index in [1.165, 1.54) is 37.9 Å². The molecular weight excluding hydrogens is 849 g/mol. The first-order chi connectivity index (χ1) is 30.7. The Morgan fingerprint density at radius 3 is 1.70 bits per heavy atom. The van der Waals surface area contributed by atoms with Crippen LogP contribution in [-0.2, 0) is 47.8 Å². The van der Waals surface area contributed by atoms with Crippen LogP contribution in [0.3, 0.4) is 0 Å². The summed E-state index contributed by atoms with van der Waals surface area (Å²) in [6, 6.07) is 28.1. The van der Waals surface area contributed by atoms with Crippen LogP contribution in [0.1, 0.15) is 72.9 Å². The van der Waals surface area contributed by atoms with Crippen molar-refractivity contribution in [2.24, 2.45) is 0 Å².